The topological polar surface area (TPSA) is 80.3 Å². The van der Waals surface area contributed by atoms with Crippen LogP contribution in [0.1, 0.15) is 40.0 Å². The van der Waals surface area contributed by atoms with E-state index >= 15 is 0 Å². The average Bonchev–Trinajstić information content (AvgIpc) is 2.68. The summed E-state index contributed by atoms with van der Waals surface area (Å²) in [4.78, 5) is 35.2. The third-order valence-electron chi connectivity index (χ3n) is 5.33. The van der Waals surface area contributed by atoms with Crippen molar-refractivity contribution in [3.8, 4) is 0 Å². The molecule has 168 valence electrons. The predicted octanol–water partition coefficient (Wildman–Crippen LogP) is 0.972. The van der Waals surface area contributed by atoms with Gasteiger partial charge in [0.05, 0.1) is 6.54 Å². The number of likely N-dealkylation sites (tertiary alicyclic amines) is 1. The number of carbonyl (C=O) groups is 2. The Morgan fingerprint density at radius 3 is 2.00 bits per heavy atom. The first-order chi connectivity index (χ1) is 13.3. The van der Waals surface area contributed by atoms with Crippen molar-refractivity contribution in [1.29, 1.82) is 0 Å². The zero-order valence-corrected chi connectivity index (χ0v) is 20.8. The van der Waals surface area contributed by atoms with Gasteiger partial charge in [-0.2, -0.15) is 0 Å². The van der Waals surface area contributed by atoms with Crippen LogP contribution in [0.3, 0.4) is 0 Å². The summed E-state index contributed by atoms with van der Waals surface area (Å²) in [7, 11) is 1.78. The number of rotatable bonds is 5. The van der Waals surface area contributed by atoms with Crippen molar-refractivity contribution in [3.63, 3.8) is 0 Å². The van der Waals surface area contributed by atoms with Crippen LogP contribution in [-0.4, -0.2) is 98.4 Å². The second-order valence-electron chi connectivity index (χ2n) is 8.68. The Bertz CT molecular complexity index is 550. The summed E-state index contributed by atoms with van der Waals surface area (Å²) in [6.45, 7) is 12.7. The van der Waals surface area contributed by atoms with Crippen molar-refractivity contribution in [2.24, 2.45) is 10.4 Å². The maximum atomic E-state index is 12.4. The first kappa shape index (κ1) is 25.9. The molecule has 0 aliphatic carbocycles. The van der Waals surface area contributed by atoms with Crippen LogP contribution in [0.15, 0.2) is 4.99 Å². The lowest BCUT2D eigenvalue weighted by Crippen LogP contribution is -2.55. The molecule has 2 rings (SSSR count). The Hall–Kier alpha value is -1.10. The number of amides is 2. The van der Waals surface area contributed by atoms with Crippen molar-refractivity contribution in [3.05, 3.63) is 0 Å². The summed E-state index contributed by atoms with van der Waals surface area (Å²) in [6.07, 6.45) is 3.52. The van der Waals surface area contributed by atoms with Gasteiger partial charge in [-0.3, -0.25) is 19.5 Å². The molecule has 2 aliphatic rings. The summed E-state index contributed by atoms with van der Waals surface area (Å²) in [6, 6.07) is 0. The molecule has 8 nitrogen and oxygen atoms in total. The molecule has 0 atom stereocenters. The molecule has 0 saturated carbocycles. The van der Waals surface area contributed by atoms with Crippen LogP contribution >= 0.6 is 24.0 Å². The van der Waals surface area contributed by atoms with E-state index in [1.807, 2.05) is 25.7 Å². The summed E-state index contributed by atoms with van der Waals surface area (Å²) < 4.78 is 0. The monoisotopic (exact) mass is 522 g/mol. The normalized spacial score (nSPS) is 18.8. The average molecular weight is 522 g/mol. The van der Waals surface area contributed by atoms with Crippen LogP contribution in [0.5, 0.6) is 0 Å². The summed E-state index contributed by atoms with van der Waals surface area (Å²) >= 11 is 0. The Kier molecular flexibility index (Phi) is 11.2. The highest BCUT2D eigenvalue weighted by Gasteiger charge is 2.24. The van der Waals surface area contributed by atoms with Gasteiger partial charge in [0.1, 0.15) is 0 Å². The van der Waals surface area contributed by atoms with Crippen molar-refractivity contribution in [1.82, 2.24) is 25.3 Å². The number of halogens is 1. The lowest BCUT2D eigenvalue weighted by molar-refractivity contribution is -0.133. The van der Waals surface area contributed by atoms with Gasteiger partial charge in [-0.15, -0.1) is 24.0 Å². The minimum Gasteiger partial charge on any atom is -0.354 e. The zero-order valence-electron chi connectivity index (χ0n) is 18.5. The molecule has 29 heavy (non-hydrogen) atoms. The SMILES string of the molecule is CN=C(NCCNC(=O)C(C)(C)C)N1CCN(CC(=O)N2CCCCC2)CC1.I. The van der Waals surface area contributed by atoms with Gasteiger partial charge in [0.25, 0.3) is 0 Å². The Morgan fingerprint density at radius 2 is 1.45 bits per heavy atom. The number of piperazine rings is 1. The van der Waals surface area contributed by atoms with E-state index in [9.17, 15) is 9.59 Å². The van der Waals surface area contributed by atoms with Gasteiger partial charge < -0.3 is 20.4 Å². The minimum atomic E-state index is -0.371. The van der Waals surface area contributed by atoms with Gasteiger partial charge in [-0.05, 0) is 19.3 Å². The fourth-order valence-corrected chi connectivity index (χ4v) is 3.50. The maximum Gasteiger partial charge on any atom is 0.236 e. The summed E-state index contributed by atoms with van der Waals surface area (Å²) in [5.74, 6) is 1.17. The van der Waals surface area contributed by atoms with Gasteiger partial charge in [0.15, 0.2) is 5.96 Å². The summed E-state index contributed by atoms with van der Waals surface area (Å²) in [5, 5.41) is 6.26. The fourth-order valence-electron chi connectivity index (χ4n) is 3.50. The largest absolute Gasteiger partial charge is 0.354 e. The molecule has 0 aromatic heterocycles. The Morgan fingerprint density at radius 1 is 0.862 bits per heavy atom. The highest BCUT2D eigenvalue weighted by Crippen LogP contribution is 2.12. The summed E-state index contributed by atoms with van der Waals surface area (Å²) in [5.41, 5.74) is -0.371. The first-order valence-corrected chi connectivity index (χ1v) is 10.6. The number of nitrogens with zero attached hydrogens (tertiary/aromatic N) is 4. The molecule has 0 bridgehead atoms. The molecule has 0 aromatic rings. The molecule has 0 spiro atoms. The molecule has 0 radical (unpaired) electrons. The van der Waals surface area contributed by atoms with Gasteiger partial charge in [0.2, 0.25) is 11.8 Å². The molecule has 2 fully saturated rings. The van der Waals surface area contributed by atoms with Crippen LogP contribution in [0.4, 0.5) is 0 Å². The van der Waals surface area contributed by atoms with Gasteiger partial charge in [-0.1, -0.05) is 20.8 Å². The molecule has 0 unspecified atom stereocenters. The predicted molar refractivity (Wildman–Crippen MR) is 128 cm³/mol. The number of nitrogens with one attached hydrogen (secondary N) is 2. The molecule has 2 aliphatic heterocycles. The second-order valence-corrected chi connectivity index (χ2v) is 8.68. The lowest BCUT2D eigenvalue weighted by Gasteiger charge is -2.37. The van der Waals surface area contributed by atoms with Gasteiger partial charge in [0, 0.05) is 64.8 Å². The molecule has 2 saturated heterocycles. The fraction of sp³-hybridized carbons (Fsp3) is 0.850. The van der Waals surface area contributed by atoms with Gasteiger partial charge in [-0.25, -0.2) is 0 Å². The second kappa shape index (κ2) is 12.6. The molecule has 2 amide bonds. The smallest absolute Gasteiger partial charge is 0.236 e. The molecular weight excluding hydrogens is 483 g/mol. The van der Waals surface area contributed by atoms with Crippen LogP contribution in [-0.2, 0) is 9.59 Å². The maximum absolute atomic E-state index is 12.4. The Labute approximate surface area is 192 Å². The van der Waals surface area contributed by atoms with Crippen molar-refractivity contribution in [2.75, 3.05) is 66.0 Å². The molecular formula is C20H39IN6O2. The Balaban J connectivity index is 0.00000420. The van der Waals surface area contributed by atoms with Crippen molar-refractivity contribution < 1.29 is 9.59 Å². The van der Waals surface area contributed by atoms with E-state index in [1.54, 1.807) is 7.05 Å². The molecule has 0 aromatic carbocycles. The van der Waals surface area contributed by atoms with Crippen LogP contribution < -0.4 is 10.6 Å². The molecule has 9 heteroatoms. The van der Waals surface area contributed by atoms with E-state index in [4.69, 9.17) is 0 Å². The molecule has 2 heterocycles. The van der Waals surface area contributed by atoms with Crippen LogP contribution in [0, 0.1) is 5.41 Å². The number of hydrogen-bond acceptors (Lipinski definition) is 4. The number of piperidine rings is 1. The van der Waals surface area contributed by atoms with E-state index in [-0.39, 0.29) is 41.2 Å². The van der Waals surface area contributed by atoms with E-state index in [0.717, 1.165) is 58.1 Å². The number of aliphatic imine (C=N–C) groups is 1. The van der Waals surface area contributed by atoms with E-state index < -0.39 is 0 Å². The highest BCUT2D eigenvalue weighted by atomic mass is 127. The van der Waals surface area contributed by atoms with E-state index in [0.29, 0.717) is 19.6 Å². The number of guanidine groups is 1. The third kappa shape index (κ3) is 8.65. The van der Waals surface area contributed by atoms with Gasteiger partial charge >= 0.3 is 0 Å². The van der Waals surface area contributed by atoms with E-state index in [1.165, 1.54) is 6.42 Å². The first-order valence-electron chi connectivity index (χ1n) is 10.6. The van der Waals surface area contributed by atoms with Crippen LogP contribution in [0.2, 0.25) is 0 Å². The number of carbonyl (C=O) groups excluding carboxylic acids is 2. The molecule has 2 N–H and O–H groups in total. The van der Waals surface area contributed by atoms with Crippen molar-refractivity contribution in [2.45, 2.75) is 40.0 Å². The van der Waals surface area contributed by atoms with E-state index in [2.05, 4.69) is 25.4 Å². The lowest BCUT2D eigenvalue weighted by atomic mass is 9.96. The number of hydrogen-bond donors (Lipinski definition) is 2. The zero-order chi connectivity index (χ0) is 20.6. The standard InChI is InChI=1S/C20H38N6O2.HI/c1-20(2,3)18(28)22-8-9-23-19(21-4)26-14-12-24(13-15-26)16-17(27)25-10-6-5-7-11-25;/h5-16H2,1-4H3,(H,21,23)(H,22,28);1H. The highest BCUT2D eigenvalue weighted by molar-refractivity contribution is 14.0. The van der Waals surface area contributed by atoms with Crippen molar-refractivity contribution >= 4 is 41.8 Å². The quantitative estimate of drug-likeness (QED) is 0.244. The van der Waals surface area contributed by atoms with Crippen LogP contribution in [0.25, 0.3) is 0 Å². The third-order valence-corrected chi connectivity index (χ3v) is 5.33. The minimum absolute atomic E-state index is 0.